The predicted octanol–water partition coefficient (Wildman–Crippen LogP) is 6.63. The van der Waals surface area contributed by atoms with Gasteiger partial charge in [-0.25, -0.2) is 0 Å². The van der Waals surface area contributed by atoms with Crippen LogP contribution in [-0.2, 0) is 13.1 Å². The highest BCUT2D eigenvalue weighted by atomic mass is 35.5. The third-order valence-electron chi connectivity index (χ3n) is 5.92. The molecule has 1 aromatic carbocycles. The molecule has 0 radical (unpaired) electrons. The molecule has 0 fully saturated rings. The van der Waals surface area contributed by atoms with Gasteiger partial charge in [-0.1, -0.05) is 35.3 Å². The molecule has 0 saturated carbocycles. The molecule has 0 bridgehead atoms. The van der Waals surface area contributed by atoms with E-state index >= 15 is 0 Å². The molecule has 0 aliphatic carbocycles. The number of thiophene rings is 2. The molecule has 0 unspecified atom stereocenters. The van der Waals surface area contributed by atoms with Crippen molar-refractivity contribution in [3.05, 3.63) is 113 Å². The number of benzene rings is 1. The number of hydrogen-bond donors (Lipinski definition) is 1. The Hall–Kier alpha value is -3.50. The van der Waals surface area contributed by atoms with Gasteiger partial charge in [0.05, 0.1) is 33.7 Å². The van der Waals surface area contributed by atoms with E-state index in [1.54, 1.807) is 61.0 Å². The third-order valence-corrected chi connectivity index (χ3v) is 8.16. The summed E-state index contributed by atoms with van der Waals surface area (Å²) in [6.45, 7) is 2.04. The Balaban J connectivity index is 1.50. The maximum atomic E-state index is 13.4. The van der Waals surface area contributed by atoms with Crippen LogP contribution in [0.15, 0.2) is 76.3 Å². The maximum Gasteiger partial charge on any atom is 0.281 e. The number of carbonyl (C=O) groups is 2. The molecule has 0 saturated heterocycles. The lowest BCUT2D eigenvalue weighted by molar-refractivity contribution is 0.0945. The highest BCUT2D eigenvalue weighted by Gasteiger charge is 2.21. The average molecular weight is 584 g/mol. The molecule has 5 rings (SSSR count). The van der Waals surface area contributed by atoms with Crippen LogP contribution in [-0.4, -0.2) is 26.0 Å². The number of carbonyl (C=O) groups excluding carboxylic acids is 2. The van der Waals surface area contributed by atoms with Gasteiger partial charge in [0.1, 0.15) is 5.82 Å². The highest BCUT2D eigenvalue weighted by molar-refractivity contribution is 7.16. The number of nitrogens with zero attached hydrogens (tertiary/aromatic N) is 3. The van der Waals surface area contributed by atoms with Gasteiger partial charge in [0, 0.05) is 39.2 Å². The Morgan fingerprint density at radius 3 is 2.61 bits per heavy atom. The molecule has 4 heterocycles. The minimum atomic E-state index is -0.416. The Morgan fingerprint density at radius 2 is 1.89 bits per heavy atom. The topological polar surface area (TPSA) is 86.0 Å². The SMILES string of the molecule is Cc1c(-c2cc(NCc3ccc(Cl)s3)n(C(=O)c3ccccc3Cl)n2)ccn(CC(=O)c2ccsc2)c1=O. The molecule has 0 amide bonds. The summed E-state index contributed by atoms with van der Waals surface area (Å²) in [5.41, 5.74) is 1.97. The van der Waals surface area contributed by atoms with E-state index in [9.17, 15) is 14.4 Å². The fraction of sp³-hybridized carbons (Fsp3) is 0.111. The fourth-order valence-electron chi connectivity index (χ4n) is 3.93. The van der Waals surface area contributed by atoms with Gasteiger partial charge in [-0.2, -0.15) is 21.1 Å². The first kappa shape index (κ1) is 26.1. The van der Waals surface area contributed by atoms with Crippen LogP contribution in [0, 0.1) is 6.92 Å². The van der Waals surface area contributed by atoms with Crippen molar-refractivity contribution in [3.8, 4) is 11.3 Å². The maximum absolute atomic E-state index is 13.4. The fourth-order valence-corrected chi connectivity index (χ4v) is 5.83. The Morgan fingerprint density at radius 1 is 1.08 bits per heavy atom. The number of nitrogens with one attached hydrogen (secondary N) is 1. The van der Waals surface area contributed by atoms with Gasteiger partial charge in [0.15, 0.2) is 5.78 Å². The molecule has 7 nitrogen and oxygen atoms in total. The van der Waals surface area contributed by atoms with Gasteiger partial charge in [0.25, 0.3) is 11.5 Å². The summed E-state index contributed by atoms with van der Waals surface area (Å²) in [7, 11) is 0. The lowest BCUT2D eigenvalue weighted by atomic mass is 10.1. The molecule has 11 heteroatoms. The van der Waals surface area contributed by atoms with E-state index in [0.29, 0.717) is 49.7 Å². The second kappa shape index (κ2) is 11.1. The Labute approximate surface area is 235 Å². The Kier molecular flexibility index (Phi) is 7.62. The molecule has 0 spiro atoms. The van der Waals surface area contributed by atoms with Gasteiger partial charge in [-0.15, -0.1) is 11.3 Å². The summed E-state index contributed by atoms with van der Waals surface area (Å²) in [5, 5.41) is 11.7. The summed E-state index contributed by atoms with van der Waals surface area (Å²) in [5.74, 6) is -0.123. The van der Waals surface area contributed by atoms with Gasteiger partial charge < -0.3 is 9.88 Å². The summed E-state index contributed by atoms with van der Waals surface area (Å²) in [6, 6.07) is 15.6. The molecule has 5 aromatic rings. The number of hydrogen-bond acceptors (Lipinski definition) is 7. The van der Waals surface area contributed by atoms with Gasteiger partial charge in [-0.05, 0) is 48.7 Å². The van der Waals surface area contributed by atoms with E-state index in [-0.39, 0.29) is 17.9 Å². The van der Waals surface area contributed by atoms with E-state index in [0.717, 1.165) is 4.88 Å². The minimum absolute atomic E-state index is 0.0632. The van der Waals surface area contributed by atoms with Crippen molar-refractivity contribution in [1.82, 2.24) is 14.3 Å². The molecular formula is C27H20Cl2N4O3S2. The van der Waals surface area contributed by atoms with Crippen LogP contribution in [0.3, 0.4) is 0 Å². The lowest BCUT2D eigenvalue weighted by Gasteiger charge is -2.09. The first-order valence-electron chi connectivity index (χ1n) is 11.4. The monoisotopic (exact) mass is 582 g/mol. The molecule has 4 aromatic heterocycles. The predicted molar refractivity (Wildman–Crippen MR) is 153 cm³/mol. The zero-order chi connectivity index (χ0) is 26.8. The van der Waals surface area contributed by atoms with Crippen molar-refractivity contribution in [2.24, 2.45) is 0 Å². The first-order valence-corrected chi connectivity index (χ1v) is 14.0. The van der Waals surface area contributed by atoms with Crippen molar-refractivity contribution in [2.75, 3.05) is 5.32 Å². The lowest BCUT2D eigenvalue weighted by Crippen LogP contribution is -2.25. The number of aromatic nitrogens is 3. The summed E-state index contributed by atoms with van der Waals surface area (Å²) >= 11 is 15.2. The highest BCUT2D eigenvalue weighted by Crippen LogP contribution is 2.27. The number of rotatable bonds is 8. The van der Waals surface area contributed by atoms with E-state index in [4.69, 9.17) is 23.2 Å². The van der Waals surface area contributed by atoms with E-state index < -0.39 is 5.91 Å². The second-order valence-corrected chi connectivity index (χ2v) is 11.4. The van der Waals surface area contributed by atoms with Crippen molar-refractivity contribution < 1.29 is 9.59 Å². The van der Waals surface area contributed by atoms with Crippen molar-refractivity contribution in [3.63, 3.8) is 0 Å². The average Bonchev–Trinajstić information content (AvgIpc) is 3.67. The van der Waals surface area contributed by atoms with Crippen molar-refractivity contribution >= 4 is 63.4 Å². The van der Waals surface area contributed by atoms with Crippen LogP contribution in [0.2, 0.25) is 9.36 Å². The quantitative estimate of drug-likeness (QED) is 0.207. The molecule has 0 aliphatic heterocycles. The number of pyridine rings is 1. The number of Topliss-reactive ketones (excluding diaryl/α,β-unsaturated/α-hetero) is 1. The number of ketones is 1. The zero-order valence-corrected chi connectivity index (χ0v) is 23.1. The summed E-state index contributed by atoms with van der Waals surface area (Å²) in [4.78, 5) is 40.1. The van der Waals surface area contributed by atoms with E-state index in [2.05, 4.69) is 10.4 Å². The van der Waals surface area contributed by atoms with Crippen LogP contribution in [0.25, 0.3) is 11.3 Å². The zero-order valence-electron chi connectivity index (χ0n) is 20.0. The number of anilines is 1. The van der Waals surface area contributed by atoms with E-state index in [1.807, 2.05) is 17.5 Å². The van der Waals surface area contributed by atoms with Gasteiger partial charge in [-0.3, -0.25) is 14.4 Å². The van der Waals surface area contributed by atoms with Crippen molar-refractivity contribution in [1.29, 1.82) is 0 Å². The minimum Gasteiger partial charge on any atom is -0.365 e. The van der Waals surface area contributed by atoms with E-state index in [1.165, 1.54) is 31.9 Å². The summed E-state index contributed by atoms with van der Waals surface area (Å²) in [6.07, 6.45) is 1.57. The summed E-state index contributed by atoms with van der Waals surface area (Å²) < 4.78 is 3.29. The normalized spacial score (nSPS) is 11.0. The van der Waals surface area contributed by atoms with Crippen LogP contribution in [0.1, 0.15) is 31.2 Å². The number of halogens is 2. The van der Waals surface area contributed by atoms with Gasteiger partial charge >= 0.3 is 0 Å². The molecular weight excluding hydrogens is 563 g/mol. The molecule has 192 valence electrons. The van der Waals surface area contributed by atoms with Crippen LogP contribution >= 0.6 is 45.9 Å². The second-order valence-electron chi connectivity index (χ2n) is 8.39. The molecule has 0 aliphatic rings. The third kappa shape index (κ3) is 5.37. The largest absolute Gasteiger partial charge is 0.365 e. The first-order chi connectivity index (χ1) is 18.3. The standard InChI is InChI=1S/C27H20Cl2N4O3S2/c1-16-19(8-10-32(26(16)35)14-23(34)17-9-11-37-15-17)22-12-25(30-13-18-6-7-24(29)38-18)33(31-22)27(36)20-4-2-3-5-21(20)28/h2-12,15,30H,13-14H2,1H3. The molecule has 1 N–H and O–H groups in total. The Bertz CT molecular complexity index is 1700. The van der Waals surface area contributed by atoms with Crippen LogP contribution < -0.4 is 10.9 Å². The van der Waals surface area contributed by atoms with Crippen LogP contribution in [0.4, 0.5) is 5.82 Å². The van der Waals surface area contributed by atoms with Crippen molar-refractivity contribution in [2.45, 2.75) is 20.0 Å². The molecule has 0 atom stereocenters. The molecule has 38 heavy (non-hydrogen) atoms. The van der Waals surface area contributed by atoms with Crippen LogP contribution in [0.5, 0.6) is 0 Å². The van der Waals surface area contributed by atoms with Gasteiger partial charge in [0.2, 0.25) is 0 Å². The smallest absolute Gasteiger partial charge is 0.281 e.